The van der Waals surface area contributed by atoms with E-state index >= 15 is 0 Å². The summed E-state index contributed by atoms with van der Waals surface area (Å²) in [6.07, 6.45) is 0. The van der Waals surface area contributed by atoms with Crippen molar-refractivity contribution in [3.63, 3.8) is 0 Å². The summed E-state index contributed by atoms with van der Waals surface area (Å²) in [5, 5.41) is 0.620. The number of rotatable bonds is 2. The molecule has 1 aromatic carbocycles. The van der Waals surface area contributed by atoms with Gasteiger partial charge >= 0.3 is 11.9 Å². The van der Waals surface area contributed by atoms with E-state index in [1.165, 1.54) is 14.2 Å². The van der Waals surface area contributed by atoms with Gasteiger partial charge in [0, 0.05) is 10.9 Å². The van der Waals surface area contributed by atoms with Gasteiger partial charge in [-0.3, -0.25) is 0 Å². The quantitative estimate of drug-likeness (QED) is 0.802. The predicted molar refractivity (Wildman–Crippen MR) is 70.1 cm³/mol. The van der Waals surface area contributed by atoms with Crippen LogP contribution in [0.2, 0.25) is 0 Å². The largest absolute Gasteiger partial charge is 0.465 e. The van der Waals surface area contributed by atoms with Crippen LogP contribution in [0.25, 0.3) is 10.9 Å². The molecule has 1 aromatic heterocycles. The molecule has 0 radical (unpaired) electrons. The van der Waals surface area contributed by atoms with Crippen LogP contribution in [0.3, 0.4) is 0 Å². The van der Waals surface area contributed by atoms with Gasteiger partial charge in [-0.15, -0.1) is 0 Å². The zero-order valence-corrected chi connectivity index (χ0v) is 10.9. The van der Waals surface area contributed by atoms with Crippen molar-refractivity contribution in [1.29, 1.82) is 0 Å². The summed E-state index contributed by atoms with van der Waals surface area (Å²) in [5.74, 6) is -0.746. The van der Waals surface area contributed by atoms with Gasteiger partial charge < -0.3 is 20.2 Å². The molecular formula is C13H14N2O4. The number of aromatic nitrogens is 1. The Morgan fingerprint density at radius 2 is 1.79 bits per heavy atom. The van der Waals surface area contributed by atoms with E-state index in [2.05, 4.69) is 4.98 Å². The van der Waals surface area contributed by atoms with Gasteiger partial charge in [0.05, 0.1) is 19.8 Å². The Kier molecular flexibility index (Phi) is 3.16. The number of nitrogen functional groups attached to an aromatic ring is 1. The van der Waals surface area contributed by atoms with Gasteiger partial charge in [0.15, 0.2) is 0 Å². The Bertz CT molecular complexity index is 673. The summed E-state index contributed by atoms with van der Waals surface area (Å²) in [7, 11) is 2.60. The first-order chi connectivity index (χ1) is 8.99. The highest BCUT2D eigenvalue weighted by Crippen LogP contribution is 2.28. The van der Waals surface area contributed by atoms with E-state index in [1.54, 1.807) is 19.1 Å². The molecule has 2 rings (SSSR count). The molecule has 0 bridgehead atoms. The molecule has 0 saturated carbocycles. The van der Waals surface area contributed by atoms with E-state index < -0.39 is 11.9 Å². The smallest absolute Gasteiger partial charge is 0.342 e. The minimum absolute atomic E-state index is 0.211. The Labute approximate surface area is 109 Å². The van der Waals surface area contributed by atoms with E-state index in [-0.39, 0.29) is 11.4 Å². The molecule has 0 fully saturated rings. The first-order valence-electron chi connectivity index (χ1n) is 5.58. The maximum absolute atomic E-state index is 11.7. The number of fused-ring (bicyclic) bond motifs is 1. The van der Waals surface area contributed by atoms with Gasteiger partial charge in [-0.1, -0.05) is 0 Å². The van der Waals surface area contributed by atoms with Gasteiger partial charge in [-0.25, -0.2) is 9.59 Å². The van der Waals surface area contributed by atoms with Crippen LogP contribution in [0, 0.1) is 6.92 Å². The standard InChI is InChI=1S/C13H14N2O4/c1-6-4-8-9(5-7(6)12(16)18-2)15-11(14)10(8)13(17)19-3/h4-5,15H,14H2,1-3H3. The third kappa shape index (κ3) is 2.01. The third-order valence-electron chi connectivity index (χ3n) is 2.97. The number of carbonyl (C=O) groups is 2. The molecule has 6 heteroatoms. The van der Waals surface area contributed by atoms with Crippen LogP contribution >= 0.6 is 0 Å². The number of aromatic amines is 1. The zero-order valence-electron chi connectivity index (χ0n) is 10.9. The number of nitrogens with one attached hydrogen (secondary N) is 1. The molecule has 0 spiro atoms. The van der Waals surface area contributed by atoms with Gasteiger partial charge in [-0.2, -0.15) is 0 Å². The molecule has 0 aliphatic heterocycles. The summed E-state index contributed by atoms with van der Waals surface area (Å²) < 4.78 is 9.39. The van der Waals surface area contributed by atoms with Crippen LogP contribution in [0.15, 0.2) is 12.1 Å². The molecule has 0 amide bonds. The minimum atomic E-state index is -0.519. The molecular weight excluding hydrogens is 248 g/mol. The number of benzene rings is 1. The first kappa shape index (κ1) is 12.9. The van der Waals surface area contributed by atoms with E-state index in [0.29, 0.717) is 22.0 Å². The highest BCUT2D eigenvalue weighted by molar-refractivity contribution is 6.10. The van der Waals surface area contributed by atoms with Gasteiger partial charge in [-0.05, 0) is 24.6 Å². The van der Waals surface area contributed by atoms with E-state index in [9.17, 15) is 9.59 Å². The van der Waals surface area contributed by atoms with Gasteiger partial charge in [0.1, 0.15) is 11.4 Å². The number of esters is 2. The number of H-pyrrole nitrogens is 1. The fourth-order valence-corrected chi connectivity index (χ4v) is 2.02. The molecule has 100 valence electrons. The lowest BCUT2D eigenvalue weighted by atomic mass is 10.0. The highest BCUT2D eigenvalue weighted by Gasteiger charge is 2.20. The van der Waals surface area contributed by atoms with E-state index in [1.807, 2.05) is 0 Å². The van der Waals surface area contributed by atoms with Crippen molar-refractivity contribution in [1.82, 2.24) is 4.98 Å². The SMILES string of the molecule is COC(=O)c1cc2[nH]c(N)c(C(=O)OC)c2cc1C. The van der Waals surface area contributed by atoms with E-state index in [4.69, 9.17) is 15.2 Å². The second kappa shape index (κ2) is 4.64. The Morgan fingerprint density at radius 3 is 2.37 bits per heavy atom. The fraction of sp³-hybridized carbons (Fsp3) is 0.231. The molecule has 2 aromatic rings. The van der Waals surface area contributed by atoms with Gasteiger partial charge in [0.2, 0.25) is 0 Å². The molecule has 19 heavy (non-hydrogen) atoms. The normalized spacial score (nSPS) is 10.5. The van der Waals surface area contributed by atoms with Crippen molar-refractivity contribution in [2.45, 2.75) is 6.92 Å². The number of nitrogens with two attached hydrogens (primary N) is 1. The predicted octanol–water partition coefficient (Wildman–Crippen LogP) is 1.63. The minimum Gasteiger partial charge on any atom is -0.465 e. The second-order valence-electron chi connectivity index (χ2n) is 4.11. The topological polar surface area (TPSA) is 94.4 Å². The Balaban J connectivity index is 2.71. The molecule has 0 unspecified atom stereocenters. The van der Waals surface area contributed by atoms with E-state index in [0.717, 1.165) is 0 Å². The number of ether oxygens (including phenoxy) is 2. The Morgan fingerprint density at radius 1 is 1.16 bits per heavy atom. The van der Waals surface area contributed by atoms with Crippen LogP contribution in [0.4, 0.5) is 5.82 Å². The lowest BCUT2D eigenvalue weighted by molar-refractivity contribution is 0.0593. The third-order valence-corrected chi connectivity index (χ3v) is 2.97. The first-order valence-corrected chi connectivity index (χ1v) is 5.58. The lowest BCUT2D eigenvalue weighted by Crippen LogP contribution is -2.05. The van der Waals surface area contributed by atoms with Crippen molar-refractivity contribution in [3.05, 3.63) is 28.8 Å². The van der Waals surface area contributed by atoms with Crippen molar-refractivity contribution in [3.8, 4) is 0 Å². The van der Waals surface area contributed by atoms with Crippen molar-refractivity contribution in [2.75, 3.05) is 20.0 Å². The monoisotopic (exact) mass is 262 g/mol. The number of carbonyl (C=O) groups excluding carboxylic acids is 2. The van der Waals surface area contributed by atoms with Crippen molar-refractivity contribution < 1.29 is 19.1 Å². The molecule has 0 aliphatic carbocycles. The molecule has 0 aliphatic rings. The zero-order chi connectivity index (χ0) is 14.2. The van der Waals surface area contributed by atoms with Crippen molar-refractivity contribution in [2.24, 2.45) is 0 Å². The second-order valence-corrected chi connectivity index (χ2v) is 4.11. The highest BCUT2D eigenvalue weighted by atomic mass is 16.5. The number of anilines is 1. The van der Waals surface area contributed by atoms with Crippen molar-refractivity contribution >= 4 is 28.7 Å². The average Bonchev–Trinajstić information content (AvgIpc) is 2.71. The van der Waals surface area contributed by atoms with Crippen LogP contribution in [-0.4, -0.2) is 31.1 Å². The summed E-state index contributed by atoms with van der Waals surface area (Å²) >= 11 is 0. The fourth-order valence-electron chi connectivity index (χ4n) is 2.02. The average molecular weight is 262 g/mol. The maximum Gasteiger partial charge on any atom is 0.342 e. The van der Waals surface area contributed by atoms with Gasteiger partial charge in [0.25, 0.3) is 0 Å². The molecule has 0 atom stereocenters. The summed E-state index contributed by atoms with van der Waals surface area (Å²) in [6, 6.07) is 3.32. The maximum atomic E-state index is 11.7. The van der Waals surface area contributed by atoms with Crippen LogP contribution in [0.1, 0.15) is 26.3 Å². The lowest BCUT2D eigenvalue weighted by Gasteiger charge is -2.04. The molecule has 0 saturated heterocycles. The molecule has 1 heterocycles. The number of hydrogen-bond donors (Lipinski definition) is 2. The number of hydrogen-bond acceptors (Lipinski definition) is 5. The molecule has 3 N–H and O–H groups in total. The number of methoxy groups -OCH3 is 2. The summed E-state index contributed by atoms with van der Waals surface area (Å²) in [6.45, 7) is 1.76. The molecule has 6 nitrogen and oxygen atoms in total. The van der Waals surface area contributed by atoms with Crippen LogP contribution < -0.4 is 5.73 Å². The Hall–Kier alpha value is -2.50. The number of aryl methyl sites for hydroxylation is 1. The van der Waals surface area contributed by atoms with Crippen LogP contribution in [-0.2, 0) is 9.47 Å². The summed E-state index contributed by atoms with van der Waals surface area (Å²) in [4.78, 5) is 26.1. The summed E-state index contributed by atoms with van der Waals surface area (Å²) in [5.41, 5.74) is 7.75. The van der Waals surface area contributed by atoms with Crippen LogP contribution in [0.5, 0.6) is 0 Å².